The maximum absolute atomic E-state index is 11.8. The Morgan fingerprint density at radius 3 is 2.81 bits per heavy atom. The number of nitrogens with two attached hydrogens (primary N) is 1. The van der Waals surface area contributed by atoms with Gasteiger partial charge in [-0.25, -0.2) is 4.79 Å². The summed E-state index contributed by atoms with van der Waals surface area (Å²) < 4.78 is 10.6. The highest BCUT2D eigenvalue weighted by Gasteiger charge is 2.24. The number of nitrogens with zero attached hydrogens (tertiary/aromatic N) is 1. The second-order valence-electron chi connectivity index (χ2n) is 5.11. The lowest BCUT2D eigenvalue weighted by atomic mass is 10.2. The van der Waals surface area contributed by atoms with E-state index in [-0.39, 0.29) is 12.1 Å². The molecule has 1 amide bonds. The minimum atomic E-state index is -0.458. The summed E-state index contributed by atoms with van der Waals surface area (Å²) in [4.78, 5) is 13.5. The molecule has 1 aliphatic heterocycles. The molecule has 0 aliphatic carbocycles. The van der Waals surface area contributed by atoms with Gasteiger partial charge in [-0.3, -0.25) is 0 Å². The monoisotopic (exact) mass is 230 g/mol. The van der Waals surface area contributed by atoms with Crippen LogP contribution >= 0.6 is 0 Å². The maximum Gasteiger partial charge on any atom is 0.410 e. The van der Waals surface area contributed by atoms with Gasteiger partial charge >= 0.3 is 6.09 Å². The lowest BCUT2D eigenvalue weighted by Crippen LogP contribution is -2.47. The van der Waals surface area contributed by atoms with Crippen molar-refractivity contribution in [2.24, 2.45) is 5.73 Å². The molecule has 1 aliphatic rings. The van der Waals surface area contributed by atoms with Crippen LogP contribution in [0.15, 0.2) is 0 Å². The first-order valence-corrected chi connectivity index (χ1v) is 5.70. The summed E-state index contributed by atoms with van der Waals surface area (Å²) in [5, 5.41) is 0. The fourth-order valence-electron chi connectivity index (χ4n) is 1.51. The number of carbonyl (C=O) groups excluding carboxylic acids is 1. The fraction of sp³-hybridized carbons (Fsp3) is 0.909. The summed E-state index contributed by atoms with van der Waals surface area (Å²) in [5.41, 5.74) is 5.36. The lowest BCUT2D eigenvalue weighted by Gasteiger charge is -2.30. The molecule has 16 heavy (non-hydrogen) atoms. The molecule has 5 nitrogen and oxygen atoms in total. The molecule has 5 heteroatoms. The van der Waals surface area contributed by atoms with Crippen LogP contribution in [0.4, 0.5) is 4.79 Å². The van der Waals surface area contributed by atoms with E-state index in [1.165, 1.54) is 0 Å². The van der Waals surface area contributed by atoms with Gasteiger partial charge in [-0.05, 0) is 27.2 Å². The molecule has 1 saturated heterocycles. The summed E-state index contributed by atoms with van der Waals surface area (Å²) in [5.74, 6) is 0. The molecule has 1 unspecified atom stereocenters. The van der Waals surface area contributed by atoms with E-state index in [4.69, 9.17) is 15.2 Å². The van der Waals surface area contributed by atoms with E-state index in [9.17, 15) is 4.79 Å². The zero-order valence-electron chi connectivity index (χ0n) is 10.4. The van der Waals surface area contributed by atoms with Crippen molar-refractivity contribution in [2.45, 2.75) is 38.8 Å². The molecular weight excluding hydrogens is 208 g/mol. The first-order valence-electron chi connectivity index (χ1n) is 5.70. The topological polar surface area (TPSA) is 64.8 Å². The van der Waals surface area contributed by atoms with E-state index in [0.29, 0.717) is 26.3 Å². The highest BCUT2D eigenvalue weighted by Crippen LogP contribution is 2.11. The summed E-state index contributed by atoms with van der Waals surface area (Å²) in [6.45, 7) is 7.86. The van der Waals surface area contributed by atoms with Crippen molar-refractivity contribution in [1.29, 1.82) is 0 Å². The Labute approximate surface area is 96.9 Å². The first-order chi connectivity index (χ1) is 7.38. The van der Waals surface area contributed by atoms with E-state index in [1.54, 1.807) is 4.90 Å². The van der Waals surface area contributed by atoms with Gasteiger partial charge in [-0.2, -0.15) is 0 Å². The predicted octanol–water partition coefficient (Wildman–Crippen LogP) is 0.971. The van der Waals surface area contributed by atoms with E-state index in [0.717, 1.165) is 6.42 Å². The molecule has 1 atom stereocenters. The minimum absolute atomic E-state index is 0.132. The highest BCUT2D eigenvalue weighted by atomic mass is 16.6. The molecule has 0 spiro atoms. The molecular formula is C11H22N2O3. The number of ether oxygens (including phenoxy) is 2. The Hall–Kier alpha value is -0.810. The molecule has 1 fully saturated rings. The van der Waals surface area contributed by atoms with Crippen molar-refractivity contribution >= 4 is 6.09 Å². The molecule has 94 valence electrons. The Morgan fingerprint density at radius 2 is 2.19 bits per heavy atom. The van der Waals surface area contributed by atoms with Crippen LogP contribution in [0.25, 0.3) is 0 Å². The third-order valence-electron chi connectivity index (χ3n) is 2.16. The zero-order valence-corrected chi connectivity index (χ0v) is 10.4. The van der Waals surface area contributed by atoms with Gasteiger partial charge in [-0.15, -0.1) is 0 Å². The average Bonchev–Trinajstić information content (AvgIpc) is 2.07. The first kappa shape index (κ1) is 13.3. The van der Waals surface area contributed by atoms with Crippen molar-refractivity contribution in [2.75, 3.05) is 26.3 Å². The lowest BCUT2D eigenvalue weighted by molar-refractivity contribution is 0.0128. The van der Waals surface area contributed by atoms with Crippen molar-refractivity contribution in [3.05, 3.63) is 0 Å². The predicted molar refractivity (Wildman–Crippen MR) is 61.2 cm³/mol. The van der Waals surface area contributed by atoms with Gasteiger partial charge in [0.15, 0.2) is 0 Å². The zero-order chi connectivity index (χ0) is 12.2. The van der Waals surface area contributed by atoms with Crippen LogP contribution in [0.2, 0.25) is 0 Å². The van der Waals surface area contributed by atoms with Crippen LogP contribution in [0.3, 0.4) is 0 Å². The fourth-order valence-corrected chi connectivity index (χ4v) is 1.51. The van der Waals surface area contributed by atoms with Gasteiger partial charge in [0.05, 0.1) is 6.61 Å². The second kappa shape index (κ2) is 5.50. The van der Waals surface area contributed by atoms with Crippen molar-refractivity contribution < 1.29 is 14.3 Å². The highest BCUT2D eigenvalue weighted by molar-refractivity contribution is 5.68. The van der Waals surface area contributed by atoms with Gasteiger partial charge in [0.25, 0.3) is 0 Å². The van der Waals surface area contributed by atoms with Gasteiger partial charge in [0.2, 0.25) is 0 Å². The largest absolute Gasteiger partial charge is 0.444 e. The van der Waals surface area contributed by atoms with Gasteiger partial charge < -0.3 is 20.1 Å². The normalized spacial score (nSPS) is 23.5. The van der Waals surface area contributed by atoms with Crippen LogP contribution in [-0.2, 0) is 9.47 Å². The number of carbonyl (C=O) groups is 1. The number of hydrogen-bond acceptors (Lipinski definition) is 4. The SMILES string of the molecule is CC(C)(C)OC(=O)N1CCCOCC(N)C1. The second-order valence-corrected chi connectivity index (χ2v) is 5.11. The quantitative estimate of drug-likeness (QED) is 0.673. The Balaban J connectivity index is 2.51. The van der Waals surface area contributed by atoms with Crippen LogP contribution < -0.4 is 5.73 Å². The molecule has 2 N–H and O–H groups in total. The molecule has 0 bridgehead atoms. The summed E-state index contributed by atoms with van der Waals surface area (Å²) >= 11 is 0. The molecule has 0 aromatic carbocycles. The number of amides is 1. The third-order valence-corrected chi connectivity index (χ3v) is 2.16. The molecule has 0 aromatic rings. The average molecular weight is 230 g/mol. The number of hydrogen-bond donors (Lipinski definition) is 1. The van der Waals surface area contributed by atoms with Gasteiger partial charge in [-0.1, -0.05) is 0 Å². The van der Waals surface area contributed by atoms with Gasteiger partial charge in [0, 0.05) is 25.7 Å². The van der Waals surface area contributed by atoms with E-state index < -0.39 is 5.60 Å². The molecule has 0 saturated carbocycles. The Bertz CT molecular complexity index is 238. The summed E-state index contributed by atoms with van der Waals surface area (Å²) in [7, 11) is 0. The Morgan fingerprint density at radius 1 is 1.50 bits per heavy atom. The molecule has 0 aromatic heterocycles. The third kappa shape index (κ3) is 4.81. The van der Waals surface area contributed by atoms with E-state index >= 15 is 0 Å². The van der Waals surface area contributed by atoms with Gasteiger partial charge in [0.1, 0.15) is 5.60 Å². The molecule has 0 radical (unpaired) electrons. The van der Waals surface area contributed by atoms with Crippen LogP contribution in [-0.4, -0.2) is 48.9 Å². The molecule has 1 rings (SSSR count). The summed E-state index contributed by atoms with van der Waals surface area (Å²) in [6, 6.07) is -0.132. The maximum atomic E-state index is 11.8. The standard InChI is InChI=1S/C11H22N2O3/c1-11(2,3)16-10(14)13-5-4-6-15-8-9(12)7-13/h9H,4-8,12H2,1-3H3. The number of rotatable bonds is 0. The van der Waals surface area contributed by atoms with Crippen molar-refractivity contribution in [1.82, 2.24) is 4.90 Å². The van der Waals surface area contributed by atoms with Crippen LogP contribution in [0.5, 0.6) is 0 Å². The summed E-state index contributed by atoms with van der Waals surface area (Å²) in [6.07, 6.45) is 0.538. The Kier molecular flexibility index (Phi) is 4.56. The molecule has 1 heterocycles. The smallest absolute Gasteiger partial charge is 0.410 e. The van der Waals surface area contributed by atoms with Crippen molar-refractivity contribution in [3.8, 4) is 0 Å². The van der Waals surface area contributed by atoms with Crippen LogP contribution in [0, 0.1) is 0 Å². The van der Waals surface area contributed by atoms with Crippen molar-refractivity contribution in [3.63, 3.8) is 0 Å². The van der Waals surface area contributed by atoms with Crippen LogP contribution in [0.1, 0.15) is 27.2 Å². The minimum Gasteiger partial charge on any atom is -0.444 e. The van der Waals surface area contributed by atoms with E-state index in [2.05, 4.69) is 0 Å². The van der Waals surface area contributed by atoms with E-state index in [1.807, 2.05) is 20.8 Å².